The Morgan fingerprint density at radius 1 is 0.914 bits per heavy atom. The van der Waals surface area contributed by atoms with Gasteiger partial charge in [0.1, 0.15) is 11.5 Å². The number of rotatable bonds is 7. The molecule has 0 unspecified atom stereocenters. The van der Waals surface area contributed by atoms with E-state index in [1.54, 1.807) is 44.6 Å². The third kappa shape index (κ3) is 5.72. The highest BCUT2D eigenvalue weighted by molar-refractivity contribution is 6.09. The van der Waals surface area contributed by atoms with Crippen molar-refractivity contribution in [1.82, 2.24) is 10.6 Å². The Hall–Kier alpha value is -4.06. The van der Waals surface area contributed by atoms with E-state index in [2.05, 4.69) is 30.5 Å². The van der Waals surface area contributed by atoms with Crippen LogP contribution in [0.5, 0.6) is 11.5 Å². The minimum atomic E-state index is -0.199. The molecule has 6 nitrogen and oxygen atoms in total. The largest absolute Gasteiger partial charge is 0.497 e. The molecule has 0 aliphatic carbocycles. The van der Waals surface area contributed by atoms with Crippen molar-refractivity contribution >= 4 is 17.4 Å². The standard InChI is InChI=1S/C29H30N2O4/c1-29(2)17-22-11-14-24(35-4)15-25(22)26(31-29)16-27(32)20-7-9-21(10-8-20)28(33)30-18-19-5-12-23(34-3)13-6-19/h5-16,31H,17-18H2,1-4H3,(H,30,33)/b26-16-. The second kappa shape index (κ2) is 10.1. The smallest absolute Gasteiger partial charge is 0.251 e. The molecule has 0 saturated heterocycles. The van der Waals surface area contributed by atoms with Gasteiger partial charge in [-0.1, -0.05) is 30.3 Å². The molecular formula is C29H30N2O4. The van der Waals surface area contributed by atoms with Crippen molar-refractivity contribution in [1.29, 1.82) is 0 Å². The minimum absolute atomic E-state index is 0.135. The molecule has 4 rings (SSSR count). The summed E-state index contributed by atoms with van der Waals surface area (Å²) in [7, 11) is 3.25. The molecule has 0 bridgehead atoms. The van der Waals surface area contributed by atoms with Crippen molar-refractivity contribution in [3.05, 3.63) is 101 Å². The van der Waals surface area contributed by atoms with E-state index in [1.807, 2.05) is 36.4 Å². The van der Waals surface area contributed by atoms with Crippen LogP contribution in [-0.4, -0.2) is 31.4 Å². The first-order valence-corrected chi connectivity index (χ1v) is 11.5. The van der Waals surface area contributed by atoms with E-state index in [-0.39, 0.29) is 17.2 Å². The summed E-state index contributed by atoms with van der Waals surface area (Å²) in [5.74, 6) is 1.18. The average molecular weight is 471 g/mol. The van der Waals surface area contributed by atoms with Crippen LogP contribution >= 0.6 is 0 Å². The summed E-state index contributed by atoms with van der Waals surface area (Å²) in [6.07, 6.45) is 2.47. The van der Waals surface area contributed by atoms with Gasteiger partial charge in [0.2, 0.25) is 0 Å². The Labute approximate surface area is 206 Å². The molecule has 1 aliphatic rings. The summed E-state index contributed by atoms with van der Waals surface area (Å²) in [6.45, 7) is 4.62. The van der Waals surface area contributed by atoms with Crippen molar-refractivity contribution in [2.45, 2.75) is 32.4 Å². The van der Waals surface area contributed by atoms with Crippen molar-refractivity contribution in [2.75, 3.05) is 14.2 Å². The normalized spacial score (nSPS) is 15.0. The number of carbonyl (C=O) groups excluding carboxylic acids is 2. The van der Waals surface area contributed by atoms with Gasteiger partial charge in [-0.25, -0.2) is 0 Å². The molecule has 0 radical (unpaired) electrons. The Morgan fingerprint density at radius 3 is 2.20 bits per heavy atom. The average Bonchev–Trinajstić information content (AvgIpc) is 2.86. The van der Waals surface area contributed by atoms with E-state index in [4.69, 9.17) is 9.47 Å². The zero-order chi connectivity index (χ0) is 25.0. The number of ether oxygens (including phenoxy) is 2. The molecule has 2 N–H and O–H groups in total. The summed E-state index contributed by atoms with van der Waals surface area (Å²) in [4.78, 5) is 25.6. The molecule has 3 aromatic rings. The molecule has 0 fully saturated rings. The maximum Gasteiger partial charge on any atom is 0.251 e. The molecule has 0 saturated carbocycles. The fourth-order valence-corrected chi connectivity index (χ4v) is 4.18. The Bertz CT molecular complexity index is 1260. The minimum Gasteiger partial charge on any atom is -0.497 e. The number of ketones is 1. The molecule has 180 valence electrons. The van der Waals surface area contributed by atoms with Crippen LogP contribution in [0, 0.1) is 0 Å². The van der Waals surface area contributed by atoms with E-state index >= 15 is 0 Å². The number of methoxy groups -OCH3 is 2. The van der Waals surface area contributed by atoms with Crippen LogP contribution in [0.2, 0.25) is 0 Å². The van der Waals surface area contributed by atoms with Gasteiger partial charge in [0.05, 0.1) is 14.2 Å². The number of amides is 1. The third-order valence-electron chi connectivity index (χ3n) is 6.03. The van der Waals surface area contributed by atoms with Crippen molar-refractivity contribution in [2.24, 2.45) is 0 Å². The van der Waals surface area contributed by atoms with Crippen LogP contribution in [0.25, 0.3) is 5.70 Å². The molecule has 0 aromatic heterocycles. The number of benzene rings is 3. The number of hydrogen-bond acceptors (Lipinski definition) is 5. The number of nitrogens with one attached hydrogen (secondary N) is 2. The van der Waals surface area contributed by atoms with Crippen LogP contribution in [0.4, 0.5) is 0 Å². The Balaban J connectivity index is 1.47. The van der Waals surface area contributed by atoms with E-state index in [0.29, 0.717) is 17.7 Å². The lowest BCUT2D eigenvalue weighted by molar-refractivity contribution is 0.0949. The maximum absolute atomic E-state index is 13.1. The van der Waals surface area contributed by atoms with Gasteiger partial charge in [0, 0.05) is 40.5 Å². The lowest BCUT2D eigenvalue weighted by Gasteiger charge is -2.35. The van der Waals surface area contributed by atoms with Gasteiger partial charge in [0.15, 0.2) is 5.78 Å². The monoisotopic (exact) mass is 470 g/mol. The van der Waals surface area contributed by atoms with Crippen LogP contribution in [0.1, 0.15) is 51.3 Å². The first-order chi connectivity index (χ1) is 16.8. The first-order valence-electron chi connectivity index (χ1n) is 11.5. The predicted octanol–water partition coefficient (Wildman–Crippen LogP) is 4.78. The molecule has 1 aliphatic heterocycles. The number of hydrogen-bond donors (Lipinski definition) is 2. The lowest BCUT2D eigenvalue weighted by Crippen LogP contribution is -2.43. The number of allylic oxidation sites excluding steroid dienone is 1. The zero-order valence-corrected chi connectivity index (χ0v) is 20.5. The fourth-order valence-electron chi connectivity index (χ4n) is 4.18. The summed E-state index contributed by atoms with van der Waals surface area (Å²) in [5.41, 5.74) is 4.69. The SMILES string of the molecule is COc1ccc(CNC(=O)c2ccc(C(=O)/C=C3\NC(C)(C)Cc4ccc(OC)cc43)cc2)cc1. The lowest BCUT2D eigenvalue weighted by atomic mass is 9.85. The Kier molecular flexibility index (Phi) is 6.92. The van der Waals surface area contributed by atoms with Gasteiger partial charge < -0.3 is 20.1 Å². The van der Waals surface area contributed by atoms with Gasteiger partial charge in [-0.05, 0) is 67.8 Å². The van der Waals surface area contributed by atoms with Crippen molar-refractivity contribution in [3.63, 3.8) is 0 Å². The molecule has 1 heterocycles. The topological polar surface area (TPSA) is 76.7 Å². The molecule has 0 spiro atoms. The van der Waals surface area contributed by atoms with Gasteiger partial charge in [-0.3, -0.25) is 9.59 Å². The summed E-state index contributed by atoms with van der Waals surface area (Å²) in [5, 5.41) is 6.38. The molecule has 35 heavy (non-hydrogen) atoms. The quantitative estimate of drug-likeness (QED) is 0.384. The van der Waals surface area contributed by atoms with Crippen LogP contribution < -0.4 is 20.1 Å². The molecule has 1 amide bonds. The fraction of sp³-hybridized carbons (Fsp3) is 0.241. The van der Waals surface area contributed by atoms with Gasteiger partial charge >= 0.3 is 0 Å². The zero-order valence-electron chi connectivity index (χ0n) is 20.5. The highest BCUT2D eigenvalue weighted by Gasteiger charge is 2.28. The van der Waals surface area contributed by atoms with Gasteiger partial charge in [-0.2, -0.15) is 0 Å². The first kappa shape index (κ1) is 24.1. The van der Waals surface area contributed by atoms with E-state index < -0.39 is 0 Å². The number of fused-ring (bicyclic) bond motifs is 1. The summed E-state index contributed by atoms with van der Waals surface area (Å²) >= 11 is 0. The summed E-state index contributed by atoms with van der Waals surface area (Å²) in [6, 6.07) is 20.2. The van der Waals surface area contributed by atoms with Crippen LogP contribution in [-0.2, 0) is 13.0 Å². The van der Waals surface area contributed by atoms with Crippen LogP contribution in [0.3, 0.4) is 0 Å². The predicted molar refractivity (Wildman–Crippen MR) is 137 cm³/mol. The van der Waals surface area contributed by atoms with E-state index in [9.17, 15) is 9.59 Å². The third-order valence-corrected chi connectivity index (χ3v) is 6.03. The van der Waals surface area contributed by atoms with Gasteiger partial charge in [0.25, 0.3) is 5.91 Å². The van der Waals surface area contributed by atoms with E-state index in [0.717, 1.165) is 40.3 Å². The van der Waals surface area contributed by atoms with E-state index in [1.165, 1.54) is 0 Å². The highest BCUT2D eigenvalue weighted by Crippen LogP contribution is 2.32. The summed E-state index contributed by atoms with van der Waals surface area (Å²) < 4.78 is 10.5. The number of carbonyl (C=O) groups is 2. The molecule has 0 atom stereocenters. The second-order valence-corrected chi connectivity index (χ2v) is 9.24. The second-order valence-electron chi connectivity index (χ2n) is 9.24. The Morgan fingerprint density at radius 2 is 1.54 bits per heavy atom. The molecule has 6 heteroatoms. The van der Waals surface area contributed by atoms with Crippen LogP contribution in [0.15, 0.2) is 72.8 Å². The molecule has 3 aromatic carbocycles. The van der Waals surface area contributed by atoms with Crippen molar-refractivity contribution < 1.29 is 19.1 Å². The van der Waals surface area contributed by atoms with Crippen molar-refractivity contribution in [3.8, 4) is 11.5 Å². The van der Waals surface area contributed by atoms with Gasteiger partial charge in [-0.15, -0.1) is 0 Å². The molecular weight excluding hydrogens is 440 g/mol. The highest BCUT2D eigenvalue weighted by atomic mass is 16.5. The maximum atomic E-state index is 13.1.